The summed E-state index contributed by atoms with van der Waals surface area (Å²) in [6.45, 7) is 4.07. The maximum absolute atomic E-state index is 11.9. The summed E-state index contributed by atoms with van der Waals surface area (Å²) in [5.41, 5.74) is 1.53. The lowest BCUT2D eigenvalue weighted by molar-refractivity contribution is 0.218. The highest BCUT2D eigenvalue weighted by molar-refractivity contribution is 7.91. The van der Waals surface area contributed by atoms with E-state index in [-0.39, 0.29) is 17.9 Å². The molecule has 1 heterocycles. The third-order valence-electron chi connectivity index (χ3n) is 3.32. The molecule has 0 saturated carbocycles. The molecule has 2 rings (SSSR count). The number of rotatable bonds is 6. The Bertz CT molecular complexity index is 785. The molecular formula is C14H18Cl2N2O3S. The van der Waals surface area contributed by atoms with Gasteiger partial charge in [-0.3, -0.25) is 0 Å². The zero-order valence-corrected chi connectivity index (χ0v) is 14.7. The fourth-order valence-electron chi connectivity index (χ4n) is 2.41. The number of hydrogen-bond donors (Lipinski definition) is 1. The number of aromatic nitrogens is 2. The number of aliphatic hydroxyl groups is 1. The second-order valence-electron chi connectivity index (χ2n) is 5.24. The SMILES string of the molecule is CCn1c(CCS(=O)(=O)CC(C)O)nc2cc(Cl)c(Cl)cc21. The molecule has 0 saturated heterocycles. The van der Waals surface area contributed by atoms with Crippen LogP contribution in [0.4, 0.5) is 0 Å². The van der Waals surface area contributed by atoms with Crippen molar-refractivity contribution in [1.29, 1.82) is 0 Å². The summed E-state index contributed by atoms with van der Waals surface area (Å²) < 4.78 is 25.7. The predicted molar refractivity (Wildman–Crippen MR) is 89.5 cm³/mol. The smallest absolute Gasteiger partial charge is 0.153 e. The van der Waals surface area contributed by atoms with Crippen LogP contribution in [0.15, 0.2) is 12.1 Å². The summed E-state index contributed by atoms with van der Waals surface area (Å²) in [7, 11) is -3.31. The second-order valence-corrected chi connectivity index (χ2v) is 8.28. The van der Waals surface area contributed by atoms with Crippen LogP contribution in [0.1, 0.15) is 19.7 Å². The Hall–Kier alpha value is -0.820. The zero-order chi connectivity index (χ0) is 16.5. The van der Waals surface area contributed by atoms with Crippen molar-refractivity contribution in [3.63, 3.8) is 0 Å². The van der Waals surface area contributed by atoms with Crippen molar-refractivity contribution in [1.82, 2.24) is 9.55 Å². The minimum Gasteiger partial charge on any atom is -0.392 e. The molecule has 5 nitrogen and oxygen atoms in total. The summed E-state index contributed by atoms with van der Waals surface area (Å²) in [6.07, 6.45) is -0.583. The Balaban J connectivity index is 2.32. The number of nitrogens with zero attached hydrogens (tertiary/aromatic N) is 2. The molecule has 1 N–H and O–H groups in total. The van der Waals surface area contributed by atoms with Gasteiger partial charge in [-0.1, -0.05) is 23.2 Å². The quantitative estimate of drug-likeness (QED) is 0.854. The molecule has 0 aliphatic heterocycles. The molecule has 1 aromatic carbocycles. The lowest BCUT2D eigenvalue weighted by Crippen LogP contribution is -2.22. The summed E-state index contributed by atoms with van der Waals surface area (Å²) >= 11 is 12.0. The van der Waals surface area contributed by atoms with Gasteiger partial charge in [0.1, 0.15) is 5.82 Å². The average Bonchev–Trinajstić information content (AvgIpc) is 2.72. The first-order valence-corrected chi connectivity index (χ1v) is 9.54. The summed E-state index contributed by atoms with van der Waals surface area (Å²) in [5, 5.41) is 10.1. The third kappa shape index (κ3) is 3.93. The van der Waals surface area contributed by atoms with E-state index in [1.54, 1.807) is 12.1 Å². The van der Waals surface area contributed by atoms with Gasteiger partial charge in [-0.15, -0.1) is 0 Å². The average molecular weight is 365 g/mol. The minimum atomic E-state index is -3.31. The van der Waals surface area contributed by atoms with Crippen LogP contribution in [-0.2, 0) is 22.8 Å². The topological polar surface area (TPSA) is 72.2 Å². The Morgan fingerprint density at radius 1 is 1.32 bits per heavy atom. The lowest BCUT2D eigenvalue weighted by atomic mass is 10.3. The van der Waals surface area contributed by atoms with Crippen molar-refractivity contribution in [3.8, 4) is 0 Å². The molecule has 1 unspecified atom stereocenters. The largest absolute Gasteiger partial charge is 0.392 e. The molecule has 0 bridgehead atoms. The van der Waals surface area contributed by atoms with Crippen LogP contribution >= 0.6 is 23.2 Å². The normalized spacial score (nSPS) is 13.7. The number of imidazole rings is 1. The first-order chi connectivity index (χ1) is 10.2. The summed E-state index contributed by atoms with van der Waals surface area (Å²) in [5.74, 6) is 0.379. The molecule has 22 heavy (non-hydrogen) atoms. The number of sulfone groups is 1. The van der Waals surface area contributed by atoms with Crippen LogP contribution in [0.3, 0.4) is 0 Å². The Morgan fingerprint density at radius 2 is 1.95 bits per heavy atom. The molecule has 8 heteroatoms. The van der Waals surface area contributed by atoms with Gasteiger partial charge < -0.3 is 9.67 Å². The zero-order valence-electron chi connectivity index (χ0n) is 12.4. The van der Waals surface area contributed by atoms with Gasteiger partial charge in [0.05, 0.1) is 38.7 Å². The number of aryl methyl sites for hydroxylation is 2. The monoisotopic (exact) mass is 364 g/mol. The van der Waals surface area contributed by atoms with Crippen LogP contribution in [0.2, 0.25) is 10.0 Å². The fourth-order valence-corrected chi connectivity index (χ4v) is 4.12. The van der Waals surface area contributed by atoms with Crippen LogP contribution in [0.5, 0.6) is 0 Å². The molecule has 1 aromatic heterocycles. The molecule has 0 amide bonds. The van der Waals surface area contributed by atoms with E-state index >= 15 is 0 Å². The van der Waals surface area contributed by atoms with Crippen molar-refractivity contribution in [2.45, 2.75) is 32.9 Å². The van der Waals surface area contributed by atoms with Crippen molar-refractivity contribution in [2.75, 3.05) is 11.5 Å². The van der Waals surface area contributed by atoms with Gasteiger partial charge in [-0.05, 0) is 26.0 Å². The number of benzene rings is 1. The molecule has 122 valence electrons. The Kier molecular flexibility index (Phi) is 5.37. The minimum absolute atomic E-state index is 0.0529. The highest BCUT2D eigenvalue weighted by Crippen LogP contribution is 2.28. The van der Waals surface area contributed by atoms with Gasteiger partial charge in [-0.2, -0.15) is 0 Å². The van der Waals surface area contributed by atoms with Gasteiger partial charge >= 0.3 is 0 Å². The van der Waals surface area contributed by atoms with Gasteiger partial charge in [0.25, 0.3) is 0 Å². The highest BCUT2D eigenvalue weighted by atomic mass is 35.5. The molecule has 2 aromatic rings. The number of aliphatic hydroxyl groups excluding tert-OH is 1. The maximum atomic E-state index is 11.9. The van der Waals surface area contributed by atoms with Gasteiger partial charge in [0.2, 0.25) is 0 Å². The Labute approximate surface area is 139 Å². The molecule has 0 aliphatic carbocycles. The molecule has 0 aliphatic rings. The molecule has 0 radical (unpaired) electrons. The number of fused-ring (bicyclic) bond motifs is 1. The number of hydrogen-bond acceptors (Lipinski definition) is 4. The predicted octanol–water partition coefficient (Wildman–Crippen LogP) is 2.70. The van der Waals surface area contributed by atoms with Crippen molar-refractivity contribution in [2.24, 2.45) is 0 Å². The first kappa shape index (κ1) is 17.5. The summed E-state index contributed by atoms with van der Waals surface area (Å²) in [4.78, 5) is 4.46. The van der Waals surface area contributed by atoms with E-state index < -0.39 is 15.9 Å². The van der Waals surface area contributed by atoms with E-state index in [2.05, 4.69) is 4.98 Å². The van der Waals surface area contributed by atoms with Gasteiger partial charge in [-0.25, -0.2) is 13.4 Å². The van der Waals surface area contributed by atoms with Crippen molar-refractivity contribution < 1.29 is 13.5 Å². The van der Waals surface area contributed by atoms with E-state index in [0.29, 0.717) is 27.9 Å². The van der Waals surface area contributed by atoms with Crippen LogP contribution in [-0.4, -0.2) is 40.7 Å². The van der Waals surface area contributed by atoms with E-state index in [1.165, 1.54) is 6.92 Å². The van der Waals surface area contributed by atoms with Gasteiger partial charge in [0.15, 0.2) is 9.84 Å². The number of halogens is 2. The van der Waals surface area contributed by atoms with E-state index in [9.17, 15) is 13.5 Å². The molecule has 0 fully saturated rings. The van der Waals surface area contributed by atoms with Gasteiger partial charge in [0, 0.05) is 13.0 Å². The molecule has 0 spiro atoms. The Morgan fingerprint density at radius 3 is 2.55 bits per heavy atom. The molecular weight excluding hydrogens is 347 g/mol. The highest BCUT2D eigenvalue weighted by Gasteiger charge is 2.18. The van der Waals surface area contributed by atoms with Crippen LogP contribution in [0, 0.1) is 0 Å². The third-order valence-corrected chi connectivity index (χ3v) is 5.86. The maximum Gasteiger partial charge on any atom is 0.153 e. The summed E-state index contributed by atoms with van der Waals surface area (Å²) in [6, 6.07) is 3.42. The van der Waals surface area contributed by atoms with Crippen LogP contribution in [0.25, 0.3) is 11.0 Å². The second kappa shape index (κ2) is 6.74. The van der Waals surface area contributed by atoms with Crippen molar-refractivity contribution >= 4 is 44.1 Å². The van der Waals surface area contributed by atoms with E-state index in [4.69, 9.17) is 23.2 Å². The molecule has 1 atom stereocenters. The first-order valence-electron chi connectivity index (χ1n) is 6.96. The lowest BCUT2D eigenvalue weighted by Gasteiger charge is -2.08. The van der Waals surface area contributed by atoms with E-state index in [0.717, 1.165) is 5.52 Å². The fraction of sp³-hybridized carbons (Fsp3) is 0.500. The standard InChI is InChI=1S/C14H18Cl2N2O3S/c1-3-18-13-7-11(16)10(15)6-12(13)17-14(18)4-5-22(20,21)8-9(2)19/h6-7,9,19H,3-5,8H2,1-2H3. The van der Waals surface area contributed by atoms with Crippen molar-refractivity contribution in [3.05, 3.63) is 28.0 Å². The van der Waals surface area contributed by atoms with E-state index in [1.807, 2.05) is 11.5 Å². The van der Waals surface area contributed by atoms with Crippen LogP contribution < -0.4 is 0 Å².